The zero-order chi connectivity index (χ0) is 22.5. The van der Waals surface area contributed by atoms with Crippen molar-refractivity contribution in [2.75, 3.05) is 6.61 Å². The molecule has 0 fully saturated rings. The maximum atomic E-state index is 12.7. The number of aromatic amines is 1. The topological polar surface area (TPSA) is 119 Å². The Balaban J connectivity index is 1.43. The molecule has 32 heavy (non-hydrogen) atoms. The Hall–Kier alpha value is -4.40. The first-order chi connectivity index (χ1) is 15.5. The van der Waals surface area contributed by atoms with Gasteiger partial charge in [0, 0.05) is 48.0 Å². The smallest absolute Gasteiger partial charge is 0.270 e. The predicted octanol–water partition coefficient (Wildman–Crippen LogP) is 4.59. The summed E-state index contributed by atoms with van der Waals surface area (Å²) in [5.74, 6) is 1.42. The quantitative estimate of drug-likeness (QED) is 0.310. The molecule has 0 aliphatic heterocycles. The third-order valence-electron chi connectivity index (χ3n) is 4.73. The van der Waals surface area contributed by atoms with E-state index in [0.29, 0.717) is 34.7 Å². The highest BCUT2D eigenvalue weighted by molar-refractivity contribution is 6.07. The second kappa shape index (κ2) is 9.17. The standard InChI is InChI=1S/C23H20N4O5/c1-2-31-17-4-6-18(7-5-17)32-22-11-15(9-10-24-22)13-26-23(28)20-14-25-21-8-3-16(27(29)30)12-19(20)21/h3-12,14,25H,2,13H2,1H3,(H,26,28). The number of benzene rings is 2. The molecule has 0 bridgehead atoms. The zero-order valence-corrected chi connectivity index (χ0v) is 17.2. The number of amides is 1. The van der Waals surface area contributed by atoms with E-state index in [0.717, 1.165) is 11.3 Å². The lowest BCUT2D eigenvalue weighted by atomic mass is 10.1. The molecule has 4 aromatic rings. The number of nitro groups is 1. The Morgan fingerprint density at radius 1 is 1.12 bits per heavy atom. The van der Waals surface area contributed by atoms with Crippen molar-refractivity contribution < 1.29 is 19.2 Å². The fourth-order valence-electron chi connectivity index (χ4n) is 3.20. The number of nitrogens with zero attached hydrogens (tertiary/aromatic N) is 2. The van der Waals surface area contributed by atoms with E-state index in [-0.39, 0.29) is 18.1 Å². The summed E-state index contributed by atoms with van der Waals surface area (Å²) in [5, 5.41) is 14.4. The molecular formula is C23H20N4O5. The van der Waals surface area contributed by atoms with Crippen LogP contribution in [0, 0.1) is 10.1 Å². The van der Waals surface area contributed by atoms with Gasteiger partial charge < -0.3 is 19.8 Å². The number of carbonyl (C=O) groups excluding carboxylic acids is 1. The Labute approximate surface area is 183 Å². The zero-order valence-electron chi connectivity index (χ0n) is 17.2. The molecule has 9 nitrogen and oxygen atoms in total. The summed E-state index contributed by atoms with van der Waals surface area (Å²) in [6.45, 7) is 2.74. The van der Waals surface area contributed by atoms with Crippen molar-refractivity contribution >= 4 is 22.5 Å². The highest BCUT2D eigenvalue weighted by Gasteiger charge is 2.15. The van der Waals surface area contributed by atoms with Gasteiger partial charge in [0.05, 0.1) is 17.1 Å². The molecule has 0 saturated heterocycles. The van der Waals surface area contributed by atoms with Crippen LogP contribution in [0.1, 0.15) is 22.8 Å². The van der Waals surface area contributed by atoms with Gasteiger partial charge in [-0.25, -0.2) is 4.98 Å². The van der Waals surface area contributed by atoms with Crippen LogP contribution in [-0.2, 0) is 6.54 Å². The van der Waals surface area contributed by atoms with E-state index >= 15 is 0 Å². The first-order valence-corrected chi connectivity index (χ1v) is 9.93. The van der Waals surface area contributed by atoms with Crippen molar-refractivity contribution in [2.45, 2.75) is 13.5 Å². The number of non-ortho nitro benzene ring substituents is 1. The molecular weight excluding hydrogens is 412 g/mol. The number of carbonyl (C=O) groups is 1. The lowest BCUT2D eigenvalue weighted by Gasteiger charge is -2.09. The molecule has 0 aliphatic carbocycles. The summed E-state index contributed by atoms with van der Waals surface area (Å²) >= 11 is 0. The van der Waals surface area contributed by atoms with Crippen LogP contribution in [0.2, 0.25) is 0 Å². The predicted molar refractivity (Wildman–Crippen MR) is 118 cm³/mol. The number of ether oxygens (including phenoxy) is 2. The number of pyridine rings is 1. The molecule has 0 spiro atoms. The fraction of sp³-hybridized carbons (Fsp3) is 0.130. The van der Waals surface area contributed by atoms with Crippen LogP contribution in [0.15, 0.2) is 67.0 Å². The molecule has 2 aromatic carbocycles. The van der Waals surface area contributed by atoms with E-state index in [1.54, 1.807) is 36.5 Å². The molecule has 2 aromatic heterocycles. The number of H-pyrrole nitrogens is 1. The van der Waals surface area contributed by atoms with E-state index in [9.17, 15) is 14.9 Å². The SMILES string of the molecule is CCOc1ccc(Oc2cc(CNC(=O)c3c[nH]c4ccc([N+](=O)[O-])cc34)ccn2)cc1. The lowest BCUT2D eigenvalue weighted by Crippen LogP contribution is -2.22. The highest BCUT2D eigenvalue weighted by atomic mass is 16.6. The number of aromatic nitrogens is 2. The number of hydrogen-bond donors (Lipinski definition) is 2. The van der Waals surface area contributed by atoms with Gasteiger partial charge in [-0.1, -0.05) is 0 Å². The Kier molecular flexibility index (Phi) is 5.98. The number of hydrogen-bond acceptors (Lipinski definition) is 6. The fourth-order valence-corrected chi connectivity index (χ4v) is 3.20. The normalized spacial score (nSPS) is 10.7. The van der Waals surface area contributed by atoms with Crippen LogP contribution < -0.4 is 14.8 Å². The van der Waals surface area contributed by atoms with Gasteiger partial charge in [-0.15, -0.1) is 0 Å². The molecule has 9 heteroatoms. The summed E-state index contributed by atoms with van der Waals surface area (Å²) in [4.78, 5) is 30.4. The van der Waals surface area contributed by atoms with E-state index in [1.807, 2.05) is 19.1 Å². The van der Waals surface area contributed by atoms with E-state index in [4.69, 9.17) is 9.47 Å². The molecule has 0 aliphatic rings. The minimum Gasteiger partial charge on any atom is -0.494 e. The molecule has 2 N–H and O–H groups in total. The Morgan fingerprint density at radius 3 is 2.66 bits per heavy atom. The van der Waals surface area contributed by atoms with E-state index in [1.165, 1.54) is 18.3 Å². The van der Waals surface area contributed by atoms with E-state index in [2.05, 4.69) is 15.3 Å². The maximum Gasteiger partial charge on any atom is 0.270 e. The molecule has 0 atom stereocenters. The molecule has 162 valence electrons. The van der Waals surface area contributed by atoms with Crippen LogP contribution in [0.3, 0.4) is 0 Å². The van der Waals surface area contributed by atoms with Gasteiger partial charge in [0.1, 0.15) is 11.5 Å². The van der Waals surface area contributed by atoms with Gasteiger partial charge in [-0.05, 0) is 48.9 Å². The summed E-state index contributed by atoms with van der Waals surface area (Å²) < 4.78 is 11.2. The Bertz CT molecular complexity index is 1270. The second-order valence-electron chi connectivity index (χ2n) is 6.88. The molecule has 4 rings (SSSR count). The molecule has 2 heterocycles. The molecule has 0 radical (unpaired) electrons. The average molecular weight is 432 g/mol. The number of nitro benzene ring substituents is 1. The molecule has 0 unspecified atom stereocenters. The van der Waals surface area contributed by atoms with Gasteiger partial charge >= 0.3 is 0 Å². The molecule has 1 amide bonds. The highest BCUT2D eigenvalue weighted by Crippen LogP contribution is 2.25. The summed E-state index contributed by atoms with van der Waals surface area (Å²) in [7, 11) is 0. The van der Waals surface area contributed by atoms with Gasteiger partial charge in [0.2, 0.25) is 5.88 Å². The first-order valence-electron chi connectivity index (χ1n) is 9.93. The lowest BCUT2D eigenvalue weighted by molar-refractivity contribution is -0.384. The van der Waals surface area contributed by atoms with E-state index < -0.39 is 4.92 Å². The van der Waals surface area contributed by atoms with Crippen molar-refractivity contribution in [3.8, 4) is 17.4 Å². The van der Waals surface area contributed by atoms with Crippen LogP contribution in [0.25, 0.3) is 10.9 Å². The summed E-state index contributed by atoms with van der Waals surface area (Å²) in [6.07, 6.45) is 3.14. The van der Waals surface area contributed by atoms with Crippen LogP contribution in [0.5, 0.6) is 17.4 Å². The van der Waals surface area contributed by atoms with Crippen LogP contribution in [-0.4, -0.2) is 27.4 Å². The summed E-state index contributed by atoms with van der Waals surface area (Å²) in [5.41, 5.74) is 1.70. The minimum absolute atomic E-state index is 0.0728. The Morgan fingerprint density at radius 2 is 1.91 bits per heavy atom. The first kappa shape index (κ1) is 20.9. The van der Waals surface area contributed by atoms with Crippen molar-refractivity contribution in [3.05, 3.63) is 88.2 Å². The number of rotatable bonds is 8. The second-order valence-corrected chi connectivity index (χ2v) is 6.88. The third kappa shape index (κ3) is 4.67. The van der Waals surface area contributed by atoms with Crippen molar-refractivity contribution in [1.82, 2.24) is 15.3 Å². The van der Waals surface area contributed by atoms with Crippen LogP contribution in [0.4, 0.5) is 5.69 Å². The largest absolute Gasteiger partial charge is 0.494 e. The van der Waals surface area contributed by atoms with Gasteiger partial charge in [-0.2, -0.15) is 0 Å². The van der Waals surface area contributed by atoms with Gasteiger partial charge in [0.15, 0.2) is 0 Å². The van der Waals surface area contributed by atoms with Crippen molar-refractivity contribution in [3.63, 3.8) is 0 Å². The van der Waals surface area contributed by atoms with Crippen molar-refractivity contribution in [1.29, 1.82) is 0 Å². The average Bonchev–Trinajstić information content (AvgIpc) is 3.23. The third-order valence-corrected chi connectivity index (χ3v) is 4.73. The van der Waals surface area contributed by atoms with Gasteiger partial charge in [0.25, 0.3) is 11.6 Å². The van der Waals surface area contributed by atoms with Crippen molar-refractivity contribution in [2.24, 2.45) is 0 Å². The van der Waals surface area contributed by atoms with Crippen LogP contribution >= 0.6 is 0 Å². The monoisotopic (exact) mass is 432 g/mol. The van der Waals surface area contributed by atoms with Gasteiger partial charge in [-0.3, -0.25) is 14.9 Å². The summed E-state index contributed by atoms with van der Waals surface area (Å²) in [6, 6.07) is 15.1. The number of fused-ring (bicyclic) bond motifs is 1. The number of nitrogens with one attached hydrogen (secondary N) is 2. The molecule has 0 saturated carbocycles. The maximum absolute atomic E-state index is 12.7. The minimum atomic E-state index is -0.489.